The zero-order valence-corrected chi connectivity index (χ0v) is 16.3. The quantitative estimate of drug-likeness (QED) is 0.787. The number of halogens is 1. The van der Waals surface area contributed by atoms with Crippen LogP contribution < -0.4 is 10.1 Å². The Morgan fingerprint density at radius 2 is 1.65 bits per heavy atom. The van der Waals surface area contributed by atoms with Gasteiger partial charge >= 0.3 is 6.09 Å². The smallest absolute Gasteiger partial charge is 0.410 e. The molecule has 0 bridgehead atoms. The van der Waals surface area contributed by atoms with Crippen LogP contribution in [-0.4, -0.2) is 24.1 Å². The van der Waals surface area contributed by atoms with Crippen LogP contribution in [0.15, 0.2) is 42.5 Å². The van der Waals surface area contributed by atoms with Gasteiger partial charge < -0.3 is 4.74 Å². The molecule has 1 heterocycles. The highest BCUT2D eigenvalue weighted by molar-refractivity contribution is 5.88. The molecular formula is C21H27ClN2O2. The zero-order chi connectivity index (χ0) is 17.6. The average Bonchev–Trinajstić information content (AvgIpc) is 2.61. The number of anilines is 1. The van der Waals surface area contributed by atoms with Crippen LogP contribution in [0.2, 0.25) is 0 Å². The molecule has 0 radical (unpaired) electrons. The number of carbonyl (C=O) groups is 1. The van der Waals surface area contributed by atoms with Gasteiger partial charge in [-0.3, -0.25) is 10.2 Å². The molecule has 2 aromatic rings. The molecule has 4 nitrogen and oxygen atoms in total. The van der Waals surface area contributed by atoms with Crippen molar-refractivity contribution in [3.8, 4) is 5.75 Å². The van der Waals surface area contributed by atoms with Crippen molar-refractivity contribution in [2.45, 2.75) is 39.7 Å². The molecule has 0 atom stereocenters. The number of nitrogens with one attached hydrogen (secondary N) is 1. The highest BCUT2D eigenvalue weighted by atomic mass is 35.5. The van der Waals surface area contributed by atoms with Crippen molar-refractivity contribution in [1.82, 2.24) is 4.90 Å². The van der Waals surface area contributed by atoms with Crippen molar-refractivity contribution in [3.63, 3.8) is 0 Å². The summed E-state index contributed by atoms with van der Waals surface area (Å²) < 4.78 is 5.62. The highest BCUT2D eigenvalue weighted by Gasteiger charge is 2.15. The largest absolute Gasteiger partial charge is 0.417 e. The highest BCUT2D eigenvalue weighted by Crippen LogP contribution is 2.24. The van der Waals surface area contributed by atoms with Crippen LogP contribution in [-0.2, 0) is 6.54 Å². The molecule has 1 fully saturated rings. The number of carbonyl (C=O) groups excluding carboxylic acids is 1. The summed E-state index contributed by atoms with van der Waals surface area (Å²) in [6, 6.07) is 13.7. The van der Waals surface area contributed by atoms with E-state index in [2.05, 4.69) is 10.2 Å². The van der Waals surface area contributed by atoms with Gasteiger partial charge in [0.05, 0.1) is 0 Å². The van der Waals surface area contributed by atoms with Gasteiger partial charge in [-0.2, -0.15) is 0 Å². The van der Waals surface area contributed by atoms with Crippen LogP contribution in [0.25, 0.3) is 0 Å². The maximum Gasteiger partial charge on any atom is 0.417 e. The van der Waals surface area contributed by atoms with Gasteiger partial charge in [-0.05, 0) is 57.0 Å². The molecule has 0 spiro atoms. The lowest BCUT2D eigenvalue weighted by Crippen LogP contribution is -2.29. The summed E-state index contributed by atoms with van der Waals surface area (Å²) in [5.74, 6) is 0.636. The predicted octanol–water partition coefficient (Wildman–Crippen LogP) is 5.32. The first-order valence-electron chi connectivity index (χ1n) is 8.99. The molecule has 0 aromatic heterocycles. The second-order valence-corrected chi connectivity index (χ2v) is 6.73. The van der Waals surface area contributed by atoms with Gasteiger partial charge in [-0.1, -0.05) is 42.8 Å². The number of ether oxygens (including phenoxy) is 1. The minimum Gasteiger partial charge on any atom is -0.410 e. The third kappa shape index (κ3) is 5.23. The Labute approximate surface area is 162 Å². The van der Waals surface area contributed by atoms with E-state index in [4.69, 9.17) is 4.74 Å². The maximum absolute atomic E-state index is 12.4. The number of rotatable bonds is 4. The standard InChI is InChI=1S/C21H26N2O2.ClH/c1-16-9-8-10-17(2)20(16)22-21(24)25-19-12-5-4-11-18(19)15-23-13-6-3-7-14-23;/h4-5,8-12H,3,6-7,13-15H2,1-2H3,(H,22,24);1H. The van der Waals surface area contributed by atoms with Crippen molar-refractivity contribution >= 4 is 24.2 Å². The molecule has 0 unspecified atom stereocenters. The number of amides is 1. The van der Waals surface area contributed by atoms with E-state index in [0.29, 0.717) is 5.75 Å². The summed E-state index contributed by atoms with van der Waals surface area (Å²) in [5.41, 5.74) is 3.93. The Morgan fingerprint density at radius 1 is 1.00 bits per heavy atom. The minimum atomic E-state index is -0.441. The van der Waals surface area contributed by atoms with Crippen molar-refractivity contribution in [1.29, 1.82) is 0 Å². The van der Waals surface area contributed by atoms with Gasteiger partial charge in [0.25, 0.3) is 0 Å². The number of benzene rings is 2. The Bertz CT molecular complexity index is 722. The third-order valence-electron chi connectivity index (χ3n) is 4.73. The molecule has 0 saturated carbocycles. The first kappa shape index (κ1) is 20.3. The minimum absolute atomic E-state index is 0. The van der Waals surface area contributed by atoms with Crippen LogP contribution in [0.1, 0.15) is 36.0 Å². The third-order valence-corrected chi connectivity index (χ3v) is 4.73. The van der Waals surface area contributed by atoms with E-state index in [0.717, 1.165) is 42.0 Å². The zero-order valence-electron chi connectivity index (χ0n) is 15.5. The summed E-state index contributed by atoms with van der Waals surface area (Å²) in [5, 5.41) is 2.88. The Kier molecular flexibility index (Phi) is 7.49. The van der Waals surface area contributed by atoms with E-state index in [9.17, 15) is 4.79 Å². The fourth-order valence-electron chi connectivity index (χ4n) is 3.33. The summed E-state index contributed by atoms with van der Waals surface area (Å²) in [7, 11) is 0. The lowest BCUT2D eigenvalue weighted by Gasteiger charge is -2.27. The van der Waals surface area contributed by atoms with Crippen molar-refractivity contribution in [2.24, 2.45) is 0 Å². The molecule has 5 heteroatoms. The summed E-state index contributed by atoms with van der Waals surface area (Å²) in [6.45, 7) is 7.01. The van der Waals surface area contributed by atoms with Crippen LogP contribution in [0, 0.1) is 13.8 Å². The Morgan fingerprint density at radius 3 is 2.35 bits per heavy atom. The van der Waals surface area contributed by atoms with E-state index >= 15 is 0 Å². The van der Waals surface area contributed by atoms with Gasteiger partial charge in [0.15, 0.2) is 0 Å². The SMILES string of the molecule is Cc1cccc(C)c1NC(=O)Oc1ccccc1CN1CCCCC1.Cl. The number of aryl methyl sites for hydroxylation is 2. The van der Waals surface area contributed by atoms with Gasteiger partial charge in [0, 0.05) is 17.8 Å². The molecule has 1 amide bonds. The number of hydrogen-bond acceptors (Lipinski definition) is 3. The molecule has 3 rings (SSSR count). The van der Waals surface area contributed by atoms with Crippen LogP contribution >= 0.6 is 12.4 Å². The van der Waals surface area contributed by atoms with Crippen molar-refractivity contribution in [3.05, 3.63) is 59.2 Å². The van der Waals surface area contributed by atoms with Crippen LogP contribution in [0.4, 0.5) is 10.5 Å². The molecule has 140 valence electrons. The Balaban J connectivity index is 0.00000243. The Hall–Kier alpha value is -2.04. The van der Waals surface area contributed by atoms with Crippen molar-refractivity contribution < 1.29 is 9.53 Å². The molecule has 1 saturated heterocycles. The van der Waals surface area contributed by atoms with E-state index in [1.54, 1.807) is 0 Å². The lowest BCUT2D eigenvalue weighted by molar-refractivity contribution is 0.207. The molecule has 0 aliphatic carbocycles. The maximum atomic E-state index is 12.4. The van der Waals surface area contributed by atoms with Gasteiger partial charge in [-0.15, -0.1) is 12.4 Å². The fraction of sp³-hybridized carbons (Fsp3) is 0.381. The lowest BCUT2D eigenvalue weighted by atomic mass is 10.1. The van der Waals surface area contributed by atoms with E-state index < -0.39 is 6.09 Å². The predicted molar refractivity (Wildman–Crippen MR) is 108 cm³/mol. The molecular weight excluding hydrogens is 348 g/mol. The number of para-hydroxylation sites is 2. The van der Waals surface area contributed by atoms with Crippen LogP contribution in [0.5, 0.6) is 5.75 Å². The number of nitrogens with zero attached hydrogens (tertiary/aromatic N) is 1. The summed E-state index contributed by atoms with van der Waals surface area (Å²) in [4.78, 5) is 14.8. The second kappa shape index (κ2) is 9.60. The topological polar surface area (TPSA) is 41.6 Å². The molecule has 1 aliphatic heterocycles. The van der Waals surface area contributed by atoms with Gasteiger partial charge in [0.2, 0.25) is 0 Å². The number of piperidine rings is 1. The fourth-order valence-corrected chi connectivity index (χ4v) is 3.33. The first-order chi connectivity index (χ1) is 12.1. The van der Waals surface area contributed by atoms with Crippen LogP contribution in [0.3, 0.4) is 0 Å². The normalized spacial score (nSPS) is 14.4. The molecule has 1 N–H and O–H groups in total. The molecule has 2 aromatic carbocycles. The van der Waals surface area contributed by atoms with Gasteiger partial charge in [0.1, 0.15) is 5.75 Å². The summed E-state index contributed by atoms with van der Waals surface area (Å²) in [6.07, 6.45) is 3.36. The van der Waals surface area contributed by atoms with Crippen molar-refractivity contribution in [2.75, 3.05) is 18.4 Å². The van der Waals surface area contributed by atoms with E-state index in [-0.39, 0.29) is 12.4 Å². The molecule has 26 heavy (non-hydrogen) atoms. The number of hydrogen-bond donors (Lipinski definition) is 1. The average molecular weight is 375 g/mol. The van der Waals surface area contributed by atoms with E-state index in [1.807, 2.05) is 56.3 Å². The van der Waals surface area contributed by atoms with Gasteiger partial charge in [-0.25, -0.2) is 4.79 Å². The first-order valence-corrected chi connectivity index (χ1v) is 8.99. The van der Waals surface area contributed by atoms with E-state index in [1.165, 1.54) is 19.3 Å². The molecule has 1 aliphatic rings. The number of likely N-dealkylation sites (tertiary alicyclic amines) is 1. The summed E-state index contributed by atoms with van der Waals surface area (Å²) >= 11 is 0. The monoisotopic (exact) mass is 374 g/mol. The second-order valence-electron chi connectivity index (χ2n) is 6.73.